The molecule has 2 aromatic carbocycles. The van der Waals surface area contributed by atoms with Crippen LogP contribution >= 0.6 is 0 Å². The van der Waals surface area contributed by atoms with Gasteiger partial charge in [0.25, 0.3) is 0 Å². The molecular weight excluding hydrogens is 517 g/mol. The van der Waals surface area contributed by atoms with Crippen LogP contribution in [0.4, 0.5) is 4.39 Å². The van der Waals surface area contributed by atoms with Crippen LogP contribution in [0.25, 0.3) is 11.8 Å². The smallest absolute Gasteiger partial charge is 0.152 e. The van der Waals surface area contributed by atoms with Crippen LogP contribution in [0.5, 0.6) is 5.75 Å². The van der Waals surface area contributed by atoms with Crippen molar-refractivity contribution in [1.29, 1.82) is 0 Å². The van der Waals surface area contributed by atoms with Crippen molar-refractivity contribution in [3.8, 4) is 11.4 Å². The van der Waals surface area contributed by atoms with Gasteiger partial charge in [-0.15, -0.1) is 0 Å². The number of benzene rings is 2. The van der Waals surface area contributed by atoms with Crippen molar-refractivity contribution in [2.75, 3.05) is 31.2 Å². The molecule has 2 saturated heterocycles. The van der Waals surface area contributed by atoms with Crippen LogP contribution in [0, 0.1) is 18.2 Å². The Labute approximate surface area is 227 Å². The molecule has 1 spiro atoms. The number of nitrogens with zero attached hydrogens (tertiary/aromatic N) is 4. The quantitative estimate of drug-likeness (QED) is 0.537. The Bertz CT molecular complexity index is 1630. The largest absolute Gasteiger partial charge is 0.491 e. The molecule has 10 heteroatoms. The van der Waals surface area contributed by atoms with Gasteiger partial charge in [-0.25, -0.2) is 17.8 Å². The average Bonchev–Trinajstić information content (AvgIpc) is 3.64. The molecule has 0 bridgehead atoms. The number of hydrogen-bond acceptors (Lipinski definition) is 7. The molecule has 0 saturated carbocycles. The first-order valence-corrected chi connectivity index (χ1v) is 15.2. The lowest BCUT2D eigenvalue weighted by atomic mass is 9.75. The van der Waals surface area contributed by atoms with Crippen LogP contribution in [-0.4, -0.2) is 59.9 Å². The Hall–Kier alpha value is -3.66. The molecule has 1 aromatic heterocycles. The molecule has 0 amide bonds. The number of nitrogens with one attached hydrogen (secondary N) is 1. The van der Waals surface area contributed by atoms with Crippen molar-refractivity contribution in [2.45, 2.75) is 32.2 Å². The molecule has 3 aromatic rings. The molecule has 1 N–H and O–H groups in total. The zero-order valence-electron chi connectivity index (χ0n) is 21.7. The SMILES string of the molecule is Cc1cn(-c2ccc(/C=C3\CC4(CCS(=O)(=O)C4)CN4C3=NNCC4c3ccc(F)cc3)c3c2OCC3)cn1. The number of hydrazone groups is 1. The second-order valence-corrected chi connectivity index (χ2v) is 13.4. The average molecular weight is 548 g/mol. The highest BCUT2D eigenvalue weighted by molar-refractivity contribution is 7.91. The van der Waals surface area contributed by atoms with Crippen LogP contribution in [0.3, 0.4) is 0 Å². The summed E-state index contributed by atoms with van der Waals surface area (Å²) in [6.07, 6.45) is 8.01. The number of piperidine rings is 1. The minimum atomic E-state index is -3.11. The van der Waals surface area contributed by atoms with Crippen LogP contribution in [0.15, 0.2) is 59.6 Å². The van der Waals surface area contributed by atoms with E-state index < -0.39 is 9.84 Å². The monoisotopic (exact) mass is 547 g/mol. The highest BCUT2D eigenvalue weighted by Crippen LogP contribution is 2.47. The summed E-state index contributed by atoms with van der Waals surface area (Å²) in [5, 5.41) is 4.73. The van der Waals surface area contributed by atoms with Gasteiger partial charge in [-0.05, 0) is 60.7 Å². The van der Waals surface area contributed by atoms with E-state index >= 15 is 0 Å². The van der Waals surface area contributed by atoms with Crippen molar-refractivity contribution in [3.63, 3.8) is 0 Å². The topological polar surface area (TPSA) is 88.8 Å². The van der Waals surface area contributed by atoms with Gasteiger partial charge in [0, 0.05) is 30.1 Å². The Kier molecular flexibility index (Phi) is 5.59. The van der Waals surface area contributed by atoms with Gasteiger partial charge in [0.15, 0.2) is 15.7 Å². The van der Waals surface area contributed by atoms with Crippen LogP contribution in [-0.2, 0) is 16.3 Å². The van der Waals surface area contributed by atoms with E-state index in [2.05, 4.69) is 33.5 Å². The number of aryl methyl sites for hydroxylation is 1. The molecule has 4 aliphatic rings. The maximum Gasteiger partial charge on any atom is 0.152 e. The predicted octanol–water partition coefficient (Wildman–Crippen LogP) is 3.81. The molecule has 8 nitrogen and oxygen atoms in total. The summed E-state index contributed by atoms with van der Waals surface area (Å²) in [5.41, 5.74) is 8.90. The molecule has 2 unspecified atom stereocenters. The van der Waals surface area contributed by atoms with Crippen molar-refractivity contribution in [2.24, 2.45) is 10.5 Å². The fourth-order valence-electron chi connectivity index (χ4n) is 6.60. The highest BCUT2D eigenvalue weighted by Gasteiger charge is 2.49. The maximum absolute atomic E-state index is 13.7. The molecule has 0 aliphatic carbocycles. The zero-order chi connectivity index (χ0) is 26.8. The number of hydrogen-bond donors (Lipinski definition) is 1. The van der Waals surface area contributed by atoms with Gasteiger partial charge < -0.3 is 19.6 Å². The van der Waals surface area contributed by atoms with Gasteiger partial charge >= 0.3 is 0 Å². The van der Waals surface area contributed by atoms with Crippen molar-refractivity contribution < 1.29 is 17.5 Å². The van der Waals surface area contributed by atoms with Crippen molar-refractivity contribution >= 4 is 21.7 Å². The molecule has 202 valence electrons. The molecule has 39 heavy (non-hydrogen) atoms. The Morgan fingerprint density at radius 1 is 1.21 bits per heavy atom. The summed E-state index contributed by atoms with van der Waals surface area (Å²) in [6, 6.07) is 10.6. The lowest BCUT2D eigenvalue weighted by Gasteiger charge is -2.48. The van der Waals surface area contributed by atoms with E-state index in [0.717, 1.165) is 51.7 Å². The minimum absolute atomic E-state index is 0.0807. The highest BCUT2D eigenvalue weighted by atomic mass is 32.2. The first-order chi connectivity index (χ1) is 18.8. The number of amidine groups is 1. The standard InChI is InChI=1S/C29H30FN5O3S/c1-19-15-34(18-31-19)25-7-4-21(24-8-10-38-27(24)25)12-22-13-29(9-11-39(36,37)17-29)16-35-26(14-32-33-28(22)35)20-2-5-23(30)6-3-20/h2-7,12,15,18,26,32H,8-11,13-14,16-17H2,1H3/b22-12+. The summed E-state index contributed by atoms with van der Waals surface area (Å²) < 4.78 is 47.2. The fraction of sp³-hybridized carbons (Fsp3) is 0.379. The second kappa shape index (κ2) is 8.94. The van der Waals surface area contributed by atoms with E-state index in [4.69, 9.17) is 9.84 Å². The Morgan fingerprint density at radius 2 is 2.05 bits per heavy atom. The lowest BCUT2D eigenvalue weighted by molar-refractivity contribution is 0.165. The molecule has 4 aliphatic heterocycles. The number of halogens is 1. The number of aromatic nitrogens is 2. The number of fused-ring (bicyclic) bond motifs is 2. The van der Waals surface area contributed by atoms with Gasteiger partial charge in [-0.1, -0.05) is 18.2 Å². The molecular formula is C29H30FN5O3S. The zero-order valence-corrected chi connectivity index (χ0v) is 22.5. The maximum atomic E-state index is 13.7. The molecule has 0 radical (unpaired) electrons. The van der Waals surface area contributed by atoms with Crippen LogP contribution in [0.1, 0.15) is 41.3 Å². The number of sulfone groups is 1. The number of rotatable bonds is 3. The first-order valence-electron chi connectivity index (χ1n) is 13.3. The lowest BCUT2D eigenvalue weighted by Crippen LogP contribution is -2.54. The summed E-state index contributed by atoms with van der Waals surface area (Å²) in [6.45, 7) is 3.74. The third-order valence-electron chi connectivity index (χ3n) is 8.39. The van der Waals surface area contributed by atoms with Crippen molar-refractivity contribution in [3.05, 3.63) is 82.7 Å². The van der Waals surface area contributed by atoms with E-state index in [9.17, 15) is 12.8 Å². The van der Waals surface area contributed by atoms with Gasteiger partial charge in [0.2, 0.25) is 0 Å². The van der Waals surface area contributed by atoms with E-state index in [1.54, 1.807) is 18.5 Å². The molecule has 7 rings (SSSR count). The Balaban J connectivity index is 1.32. The summed E-state index contributed by atoms with van der Waals surface area (Å²) in [5.74, 6) is 1.79. The van der Waals surface area contributed by atoms with E-state index in [-0.39, 0.29) is 28.8 Å². The van der Waals surface area contributed by atoms with Gasteiger partial charge in [0.05, 0.1) is 48.4 Å². The second-order valence-electron chi connectivity index (χ2n) is 11.2. The van der Waals surface area contributed by atoms with Crippen LogP contribution in [0.2, 0.25) is 0 Å². The number of ether oxygens (including phenoxy) is 1. The third-order valence-corrected chi connectivity index (χ3v) is 10.3. The molecule has 2 fully saturated rings. The fourth-order valence-corrected chi connectivity index (χ4v) is 8.76. The van der Waals surface area contributed by atoms with Gasteiger partial charge in [-0.3, -0.25) is 0 Å². The summed E-state index contributed by atoms with van der Waals surface area (Å²) in [4.78, 5) is 6.60. The Morgan fingerprint density at radius 3 is 2.79 bits per heavy atom. The van der Waals surface area contributed by atoms with E-state index in [1.165, 1.54) is 12.1 Å². The molecule has 2 atom stereocenters. The number of imidazole rings is 1. The summed E-state index contributed by atoms with van der Waals surface area (Å²) >= 11 is 0. The van der Waals surface area contributed by atoms with Crippen LogP contribution < -0.4 is 10.2 Å². The third kappa shape index (κ3) is 4.30. The first kappa shape index (κ1) is 24.4. The molecule has 5 heterocycles. The van der Waals surface area contributed by atoms with Gasteiger partial charge in [0.1, 0.15) is 11.6 Å². The van der Waals surface area contributed by atoms with Crippen molar-refractivity contribution in [1.82, 2.24) is 19.9 Å². The van der Waals surface area contributed by atoms with Gasteiger partial charge in [-0.2, -0.15) is 5.10 Å². The predicted molar refractivity (Wildman–Crippen MR) is 147 cm³/mol. The minimum Gasteiger partial charge on any atom is -0.491 e. The normalized spacial score (nSPS) is 26.2. The van der Waals surface area contributed by atoms with E-state index in [1.807, 2.05) is 17.7 Å². The van der Waals surface area contributed by atoms with E-state index in [0.29, 0.717) is 32.5 Å². The summed E-state index contributed by atoms with van der Waals surface area (Å²) in [7, 11) is -3.11.